The summed E-state index contributed by atoms with van der Waals surface area (Å²) in [6.45, 7) is 2.15. The van der Waals surface area contributed by atoms with Crippen LogP contribution in [0.5, 0.6) is 0 Å². The fourth-order valence-corrected chi connectivity index (χ4v) is 4.18. The summed E-state index contributed by atoms with van der Waals surface area (Å²) in [5.74, 6) is -0.0653. The molecular formula is C25H30N4O3. The first-order chi connectivity index (χ1) is 15.5. The van der Waals surface area contributed by atoms with Gasteiger partial charge in [-0.05, 0) is 60.2 Å². The fourth-order valence-electron chi connectivity index (χ4n) is 4.18. The normalized spacial score (nSPS) is 17.8. The van der Waals surface area contributed by atoms with Crippen molar-refractivity contribution in [3.8, 4) is 11.1 Å². The molecule has 2 amide bonds. The molecule has 32 heavy (non-hydrogen) atoms. The van der Waals surface area contributed by atoms with Gasteiger partial charge in [-0.15, -0.1) is 0 Å². The number of aliphatic hydroxyl groups is 1. The van der Waals surface area contributed by atoms with Gasteiger partial charge in [0.2, 0.25) is 5.91 Å². The Morgan fingerprint density at radius 2 is 1.81 bits per heavy atom. The Kier molecular flexibility index (Phi) is 6.87. The fraction of sp³-hybridized carbons (Fsp3) is 0.360. The average molecular weight is 435 g/mol. The van der Waals surface area contributed by atoms with Crippen LogP contribution >= 0.6 is 0 Å². The van der Waals surface area contributed by atoms with Crippen molar-refractivity contribution >= 4 is 23.6 Å². The molecule has 2 aromatic carbocycles. The first kappa shape index (κ1) is 22.0. The van der Waals surface area contributed by atoms with Crippen molar-refractivity contribution in [2.45, 2.75) is 31.8 Å². The number of nitrogens with zero attached hydrogens (tertiary/aromatic N) is 1. The van der Waals surface area contributed by atoms with E-state index in [4.69, 9.17) is 10.8 Å². The largest absolute Gasteiger partial charge is 0.396 e. The number of carbonyl (C=O) groups excluding carboxylic acids is 2. The number of nitrogens with two attached hydrogens (primary N) is 1. The molecule has 1 saturated heterocycles. The van der Waals surface area contributed by atoms with Gasteiger partial charge in [0.25, 0.3) is 5.91 Å². The maximum atomic E-state index is 12.6. The van der Waals surface area contributed by atoms with Crippen molar-refractivity contribution in [2.75, 3.05) is 31.6 Å². The van der Waals surface area contributed by atoms with Crippen LogP contribution in [0.3, 0.4) is 0 Å². The zero-order valence-corrected chi connectivity index (χ0v) is 18.1. The maximum absolute atomic E-state index is 12.6. The van der Waals surface area contributed by atoms with Gasteiger partial charge in [-0.3, -0.25) is 9.59 Å². The number of amides is 2. The van der Waals surface area contributed by atoms with Gasteiger partial charge in [-0.25, -0.2) is 0 Å². The Labute approximate surface area is 188 Å². The first-order valence-electron chi connectivity index (χ1n) is 11.2. The molecule has 168 valence electrons. The number of hydrogen-bond acceptors (Lipinski definition) is 5. The third-order valence-electron chi connectivity index (χ3n) is 5.93. The van der Waals surface area contributed by atoms with Crippen LogP contribution in [0.15, 0.2) is 48.0 Å². The third kappa shape index (κ3) is 5.00. The van der Waals surface area contributed by atoms with Gasteiger partial charge in [0.05, 0.1) is 6.17 Å². The van der Waals surface area contributed by atoms with E-state index in [1.54, 1.807) is 0 Å². The molecule has 0 bridgehead atoms. The number of nitrogens with one attached hydrogen (secondary N) is 2. The standard InChI is InChI=1S/C25H30N4O3/c26-23-16-21(24(31)27-10-3-13-30)14-20-9-8-19(15-22(20)28-23)17-4-6-18(7-5-17)25(32)29-11-1-2-12-29/h4-9,14-15,23,28,30H,1-3,10-13,16,26H2,(H,27,31). The molecular weight excluding hydrogens is 404 g/mol. The van der Waals surface area contributed by atoms with Crippen LogP contribution in [0.25, 0.3) is 17.2 Å². The summed E-state index contributed by atoms with van der Waals surface area (Å²) in [6.07, 6.45) is 4.56. The van der Waals surface area contributed by atoms with Gasteiger partial charge in [0.1, 0.15) is 0 Å². The highest BCUT2D eigenvalue weighted by atomic mass is 16.3. The summed E-state index contributed by atoms with van der Waals surface area (Å²) in [4.78, 5) is 27.0. The second-order valence-electron chi connectivity index (χ2n) is 8.34. The molecule has 0 aliphatic carbocycles. The molecule has 2 heterocycles. The Hall–Kier alpha value is -3.16. The molecule has 2 aliphatic heterocycles. The van der Waals surface area contributed by atoms with Crippen LogP contribution in [0, 0.1) is 0 Å². The summed E-state index contributed by atoms with van der Waals surface area (Å²) in [7, 11) is 0. The molecule has 0 aromatic heterocycles. The quantitative estimate of drug-likeness (QED) is 0.523. The van der Waals surface area contributed by atoms with Gasteiger partial charge in [0.15, 0.2) is 0 Å². The Balaban J connectivity index is 1.53. The van der Waals surface area contributed by atoms with Crippen molar-refractivity contribution in [1.82, 2.24) is 10.2 Å². The highest BCUT2D eigenvalue weighted by Crippen LogP contribution is 2.31. The Morgan fingerprint density at radius 1 is 1.09 bits per heavy atom. The number of aliphatic hydroxyl groups excluding tert-OH is 1. The van der Waals surface area contributed by atoms with Crippen LogP contribution < -0.4 is 16.4 Å². The molecule has 0 saturated carbocycles. The van der Waals surface area contributed by atoms with E-state index in [2.05, 4.69) is 10.6 Å². The molecule has 0 spiro atoms. The number of likely N-dealkylation sites (tertiary alicyclic amines) is 1. The van der Waals surface area contributed by atoms with Crippen molar-refractivity contribution in [3.05, 3.63) is 59.2 Å². The molecule has 0 radical (unpaired) electrons. The average Bonchev–Trinajstić information content (AvgIpc) is 3.28. The Morgan fingerprint density at radius 3 is 2.53 bits per heavy atom. The van der Waals surface area contributed by atoms with Crippen molar-refractivity contribution in [3.63, 3.8) is 0 Å². The number of carbonyl (C=O) groups is 2. The minimum absolute atomic E-state index is 0.0411. The molecule has 1 atom stereocenters. The summed E-state index contributed by atoms with van der Waals surface area (Å²) < 4.78 is 0. The summed E-state index contributed by atoms with van der Waals surface area (Å²) in [5.41, 5.74) is 11.3. The first-order valence-corrected chi connectivity index (χ1v) is 11.2. The molecule has 2 aliphatic rings. The number of fused-ring (bicyclic) bond motifs is 1. The molecule has 1 fully saturated rings. The van der Waals surface area contributed by atoms with E-state index in [0.29, 0.717) is 30.5 Å². The molecule has 7 heteroatoms. The zero-order chi connectivity index (χ0) is 22.5. The minimum Gasteiger partial charge on any atom is -0.396 e. The topological polar surface area (TPSA) is 108 Å². The highest BCUT2D eigenvalue weighted by Gasteiger charge is 2.21. The lowest BCUT2D eigenvalue weighted by Crippen LogP contribution is -2.33. The van der Waals surface area contributed by atoms with E-state index in [1.807, 2.05) is 53.4 Å². The predicted molar refractivity (Wildman–Crippen MR) is 126 cm³/mol. The van der Waals surface area contributed by atoms with E-state index in [9.17, 15) is 9.59 Å². The van der Waals surface area contributed by atoms with E-state index >= 15 is 0 Å². The second kappa shape index (κ2) is 9.97. The SMILES string of the molecule is NC1CC(C(=O)NCCCO)=Cc2ccc(-c3ccc(C(=O)N4CCCC4)cc3)cc2N1. The number of hydrogen-bond donors (Lipinski definition) is 4. The lowest BCUT2D eigenvalue weighted by Gasteiger charge is -2.16. The Bertz CT molecular complexity index is 1010. The van der Waals surface area contributed by atoms with Crippen LogP contribution in [0.4, 0.5) is 5.69 Å². The number of benzene rings is 2. The van der Waals surface area contributed by atoms with Gasteiger partial charge >= 0.3 is 0 Å². The maximum Gasteiger partial charge on any atom is 0.253 e. The zero-order valence-electron chi connectivity index (χ0n) is 18.1. The van der Waals surface area contributed by atoms with E-state index in [0.717, 1.165) is 48.3 Å². The molecule has 4 rings (SSSR count). The number of rotatable bonds is 6. The van der Waals surface area contributed by atoms with Crippen LogP contribution in [0.1, 0.15) is 41.6 Å². The second-order valence-corrected chi connectivity index (χ2v) is 8.34. The van der Waals surface area contributed by atoms with Gasteiger partial charge in [-0.1, -0.05) is 24.3 Å². The predicted octanol–water partition coefficient (Wildman–Crippen LogP) is 2.57. The molecule has 5 N–H and O–H groups in total. The molecule has 1 unspecified atom stereocenters. The van der Waals surface area contributed by atoms with E-state index in [1.165, 1.54) is 0 Å². The lowest BCUT2D eigenvalue weighted by atomic mass is 10.00. The molecule has 2 aromatic rings. The number of anilines is 1. The van der Waals surface area contributed by atoms with Crippen molar-refractivity contribution < 1.29 is 14.7 Å². The third-order valence-corrected chi connectivity index (χ3v) is 5.93. The van der Waals surface area contributed by atoms with Gasteiger partial charge in [0, 0.05) is 49.5 Å². The molecule has 7 nitrogen and oxygen atoms in total. The summed E-state index contributed by atoms with van der Waals surface area (Å²) >= 11 is 0. The van der Waals surface area contributed by atoms with Crippen LogP contribution in [-0.2, 0) is 4.79 Å². The van der Waals surface area contributed by atoms with E-state index < -0.39 is 0 Å². The monoisotopic (exact) mass is 434 g/mol. The van der Waals surface area contributed by atoms with Gasteiger partial charge < -0.3 is 26.4 Å². The van der Waals surface area contributed by atoms with Crippen LogP contribution in [-0.4, -0.2) is 54.2 Å². The van der Waals surface area contributed by atoms with Gasteiger partial charge in [-0.2, -0.15) is 0 Å². The summed E-state index contributed by atoms with van der Waals surface area (Å²) in [6, 6.07) is 13.7. The minimum atomic E-state index is -0.387. The van der Waals surface area contributed by atoms with Crippen molar-refractivity contribution in [2.24, 2.45) is 5.73 Å². The lowest BCUT2D eigenvalue weighted by molar-refractivity contribution is -0.117. The van der Waals surface area contributed by atoms with Crippen LogP contribution in [0.2, 0.25) is 0 Å². The summed E-state index contributed by atoms with van der Waals surface area (Å²) in [5, 5.41) is 15.0. The van der Waals surface area contributed by atoms with Crippen molar-refractivity contribution in [1.29, 1.82) is 0 Å². The highest BCUT2D eigenvalue weighted by molar-refractivity contribution is 5.99. The smallest absolute Gasteiger partial charge is 0.253 e. The van der Waals surface area contributed by atoms with E-state index in [-0.39, 0.29) is 24.6 Å².